The summed E-state index contributed by atoms with van der Waals surface area (Å²) >= 11 is 0. The molecule has 0 saturated heterocycles. The highest BCUT2D eigenvalue weighted by Gasteiger charge is 2.21. The van der Waals surface area contributed by atoms with Crippen molar-refractivity contribution in [3.8, 4) is 0 Å². The Balaban J connectivity index is 0.000000853. The summed E-state index contributed by atoms with van der Waals surface area (Å²) in [6.45, 7) is 0. The first-order valence-corrected chi connectivity index (χ1v) is 4.81. The molecule has 0 bridgehead atoms. The van der Waals surface area contributed by atoms with Crippen molar-refractivity contribution in [2.24, 2.45) is 5.73 Å². The van der Waals surface area contributed by atoms with Crippen molar-refractivity contribution >= 4 is 24.6 Å². The lowest BCUT2D eigenvalue weighted by atomic mass is 10.0. The van der Waals surface area contributed by atoms with Crippen LogP contribution in [0.5, 0.6) is 0 Å². The largest absolute Gasteiger partial charge is 0.399 e. The van der Waals surface area contributed by atoms with Gasteiger partial charge in [0.05, 0.1) is 0 Å². The van der Waals surface area contributed by atoms with Gasteiger partial charge in [-0.2, -0.15) is 0 Å². The molecule has 0 atom stereocenters. The summed E-state index contributed by atoms with van der Waals surface area (Å²) in [5, 5.41) is 0. The van der Waals surface area contributed by atoms with E-state index in [1.165, 1.54) is 22.3 Å². The predicted octanol–water partition coefficient (Wildman–Crippen LogP) is 2.90. The van der Waals surface area contributed by atoms with Crippen molar-refractivity contribution < 1.29 is 0 Å². The predicted molar refractivity (Wildman–Crippen MR) is 66.8 cm³/mol. The van der Waals surface area contributed by atoms with Crippen LogP contribution >= 0.6 is 12.4 Å². The monoisotopic (exact) mass is 217 g/mol. The topological polar surface area (TPSA) is 26.0 Å². The molecule has 0 heterocycles. The number of hydrogen-bond donors (Lipinski definition) is 1. The van der Waals surface area contributed by atoms with E-state index in [9.17, 15) is 0 Å². The lowest BCUT2D eigenvalue weighted by Crippen LogP contribution is -1.93. The van der Waals surface area contributed by atoms with Gasteiger partial charge in [-0.3, -0.25) is 0 Å². The molecule has 0 aromatic heterocycles. The third kappa shape index (κ3) is 1.71. The van der Waals surface area contributed by atoms with Gasteiger partial charge in [0.15, 0.2) is 0 Å². The molecule has 2 heteroatoms. The number of rotatable bonds is 0. The first kappa shape index (κ1) is 10.1. The molecule has 1 nitrogen and oxygen atoms in total. The van der Waals surface area contributed by atoms with Crippen LogP contribution in [-0.4, -0.2) is 0 Å². The van der Waals surface area contributed by atoms with Gasteiger partial charge in [-0.25, -0.2) is 0 Å². The lowest BCUT2D eigenvalue weighted by molar-refractivity contribution is 1.43. The molecule has 1 aromatic rings. The lowest BCUT2D eigenvalue weighted by Gasteiger charge is -2.02. The minimum Gasteiger partial charge on any atom is -0.399 e. The van der Waals surface area contributed by atoms with Crippen molar-refractivity contribution in [3.05, 3.63) is 58.3 Å². The first-order chi connectivity index (χ1) is 6.84. The third-order valence-electron chi connectivity index (χ3n) is 2.74. The Hall–Kier alpha value is -1.47. The molecule has 3 rings (SSSR count). The van der Waals surface area contributed by atoms with Gasteiger partial charge in [-0.05, 0) is 40.8 Å². The van der Waals surface area contributed by atoms with Crippen LogP contribution < -0.4 is 5.73 Å². The molecule has 0 spiro atoms. The van der Waals surface area contributed by atoms with Crippen LogP contribution in [0.3, 0.4) is 0 Å². The second kappa shape index (κ2) is 3.59. The van der Waals surface area contributed by atoms with E-state index >= 15 is 0 Å². The number of hydrogen-bond acceptors (Lipinski definition) is 1. The number of fused-ring (bicyclic) bond motifs is 3. The van der Waals surface area contributed by atoms with E-state index in [2.05, 4.69) is 24.3 Å². The van der Waals surface area contributed by atoms with E-state index in [0.29, 0.717) is 0 Å². The fourth-order valence-corrected chi connectivity index (χ4v) is 1.87. The first-order valence-electron chi connectivity index (χ1n) is 4.81. The van der Waals surface area contributed by atoms with Gasteiger partial charge in [0.25, 0.3) is 0 Å². The third-order valence-corrected chi connectivity index (χ3v) is 2.74. The summed E-state index contributed by atoms with van der Waals surface area (Å²) in [6.07, 6.45) is 11.3. The van der Waals surface area contributed by atoms with Gasteiger partial charge < -0.3 is 5.73 Å². The van der Waals surface area contributed by atoms with E-state index < -0.39 is 0 Å². The van der Waals surface area contributed by atoms with Crippen molar-refractivity contribution in [2.45, 2.75) is 6.42 Å². The van der Waals surface area contributed by atoms with E-state index in [-0.39, 0.29) is 12.4 Å². The normalized spacial score (nSPS) is 23.1. The molecule has 0 radical (unpaired) electrons. The maximum Gasteiger partial charge on any atom is 0.0314 e. The Kier molecular flexibility index (Phi) is 2.41. The Morgan fingerprint density at radius 1 is 1.07 bits per heavy atom. The van der Waals surface area contributed by atoms with Crippen LogP contribution in [0.2, 0.25) is 0 Å². The van der Waals surface area contributed by atoms with Gasteiger partial charge in [-0.15, -0.1) is 12.4 Å². The quantitative estimate of drug-likeness (QED) is 0.722. The second-order valence-corrected chi connectivity index (χ2v) is 3.74. The van der Waals surface area contributed by atoms with E-state index in [4.69, 9.17) is 5.73 Å². The van der Waals surface area contributed by atoms with Gasteiger partial charge in [0.2, 0.25) is 0 Å². The van der Waals surface area contributed by atoms with E-state index in [0.717, 1.165) is 12.1 Å². The van der Waals surface area contributed by atoms with Gasteiger partial charge in [0.1, 0.15) is 0 Å². The van der Waals surface area contributed by atoms with Crippen molar-refractivity contribution in [2.75, 3.05) is 0 Å². The van der Waals surface area contributed by atoms with Crippen LogP contribution in [0.25, 0.3) is 12.2 Å². The molecule has 2 aliphatic rings. The Bertz CT molecular complexity index is 496. The number of benzene rings is 1. The molecule has 1 aromatic carbocycles. The number of allylic oxidation sites excluding steroid dienone is 3. The molecule has 2 aliphatic carbocycles. The smallest absolute Gasteiger partial charge is 0.0314 e. The maximum absolute atomic E-state index is 5.75. The fraction of sp³-hybridized carbons (Fsp3) is 0.0769. The van der Waals surface area contributed by atoms with Gasteiger partial charge in [-0.1, -0.05) is 30.4 Å². The van der Waals surface area contributed by atoms with Crippen molar-refractivity contribution in [1.29, 1.82) is 0 Å². The standard InChI is InChI=1S/C13H11N.ClH/c14-11-3-1-2-9-4-5-10-8-13(10)12(9)7-6-11;/h1-7H,8,14H2;1H/b2-1-,3-1?,7-6-,9-2?,11-3+,11-6?,12-7?;. The van der Waals surface area contributed by atoms with Gasteiger partial charge in [0, 0.05) is 5.70 Å². The molecular weight excluding hydrogens is 206 g/mol. The molecule has 2 N–H and O–H groups in total. The highest BCUT2D eigenvalue weighted by atomic mass is 35.5. The van der Waals surface area contributed by atoms with Gasteiger partial charge >= 0.3 is 0 Å². The highest BCUT2D eigenvalue weighted by Crippen LogP contribution is 2.35. The molecule has 0 amide bonds. The summed E-state index contributed by atoms with van der Waals surface area (Å²) in [4.78, 5) is 0. The molecule has 0 unspecified atom stereocenters. The zero-order chi connectivity index (χ0) is 9.54. The van der Waals surface area contributed by atoms with E-state index in [1.807, 2.05) is 18.2 Å². The molecule has 76 valence electrons. The average molecular weight is 218 g/mol. The van der Waals surface area contributed by atoms with Crippen molar-refractivity contribution in [3.63, 3.8) is 0 Å². The highest BCUT2D eigenvalue weighted by molar-refractivity contribution is 5.85. The fourth-order valence-electron chi connectivity index (χ4n) is 1.87. The molecular formula is C13H12ClN. The summed E-state index contributed by atoms with van der Waals surface area (Å²) < 4.78 is 0. The number of nitrogens with two attached hydrogens (primary N) is 1. The maximum atomic E-state index is 5.75. The Labute approximate surface area is 95.4 Å². The summed E-state index contributed by atoms with van der Waals surface area (Å²) in [5.41, 5.74) is 12.2. The van der Waals surface area contributed by atoms with E-state index in [1.54, 1.807) is 0 Å². The summed E-state index contributed by atoms with van der Waals surface area (Å²) in [5.74, 6) is 0. The molecule has 15 heavy (non-hydrogen) atoms. The second-order valence-electron chi connectivity index (χ2n) is 3.74. The van der Waals surface area contributed by atoms with Crippen LogP contribution in [0.15, 0.2) is 36.1 Å². The van der Waals surface area contributed by atoms with Crippen LogP contribution in [-0.2, 0) is 6.42 Å². The van der Waals surface area contributed by atoms with Crippen LogP contribution in [0.4, 0.5) is 0 Å². The Morgan fingerprint density at radius 2 is 1.93 bits per heavy atom. The van der Waals surface area contributed by atoms with Crippen molar-refractivity contribution in [1.82, 2.24) is 0 Å². The van der Waals surface area contributed by atoms with Crippen LogP contribution in [0.1, 0.15) is 22.3 Å². The zero-order valence-electron chi connectivity index (χ0n) is 8.23. The summed E-state index contributed by atoms with van der Waals surface area (Å²) in [6, 6.07) is 4.39. The minimum atomic E-state index is 0. The zero-order valence-corrected chi connectivity index (χ0v) is 9.05. The molecule has 0 saturated carbocycles. The SMILES string of the molecule is Cl.NC1=C/C=C\c2ccc3c(c2/C=C\1)C3. The average Bonchev–Trinajstić information content (AvgIpc) is 2.90. The molecule has 0 aliphatic heterocycles. The number of halogens is 1. The molecule has 0 fully saturated rings. The van der Waals surface area contributed by atoms with Crippen LogP contribution in [0, 0.1) is 0 Å². The Morgan fingerprint density at radius 3 is 2.80 bits per heavy atom. The minimum absolute atomic E-state index is 0. The summed E-state index contributed by atoms with van der Waals surface area (Å²) in [7, 11) is 0.